The largest absolute Gasteiger partial charge is 0.416 e. The molecule has 2 saturated heterocycles. The third-order valence-corrected chi connectivity index (χ3v) is 5.02. The van der Waals surface area contributed by atoms with Gasteiger partial charge in [0, 0.05) is 26.7 Å². The maximum absolute atomic E-state index is 13.0. The van der Waals surface area contributed by atoms with Crippen LogP contribution in [0, 0.1) is 0 Å². The van der Waals surface area contributed by atoms with Gasteiger partial charge < -0.3 is 19.9 Å². The summed E-state index contributed by atoms with van der Waals surface area (Å²) in [5.74, 6) is 0.578. The topological polar surface area (TPSA) is 57.2 Å². The molecule has 0 bridgehead atoms. The number of guanidine groups is 1. The number of aliphatic imine (C=N–C) groups is 1. The van der Waals surface area contributed by atoms with Gasteiger partial charge in [-0.2, -0.15) is 13.2 Å². The fourth-order valence-electron chi connectivity index (χ4n) is 3.52. The second kappa shape index (κ2) is 8.81. The molecule has 0 spiro atoms. The molecular formula is C19H25F3N4O2. The van der Waals surface area contributed by atoms with Crippen molar-refractivity contribution in [2.45, 2.75) is 25.1 Å². The number of carbonyl (C=O) groups is 1. The lowest BCUT2D eigenvalue weighted by atomic mass is 10.0. The molecule has 9 heteroatoms. The highest BCUT2D eigenvalue weighted by Gasteiger charge is 2.32. The summed E-state index contributed by atoms with van der Waals surface area (Å²) in [5.41, 5.74) is -0.215. The summed E-state index contributed by atoms with van der Waals surface area (Å²) in [7, 11) is 1.62. The first-order chi connectivity index (χ1) is 13.4. The fraction of sp³-hybridized carbons (Fsp3) is 0.579. The molecule has 1 aromatic carbocycles. The number of morpholine rings is 1. The number of nitrogens with one attached hydrogen (secondary N) is 1. The Labute approximate surface area is 162 Å². The van der Waals surface area contributed by atoms with E-state index in [9.17, 15) is 18.0 Å². The molecule has 3 rings (SSSR count). The van der Waals surface area contributed by atoms with E-state index in [0.29, 0.717) is 31.2 Å². The van der Waals surface area contributed by atoms with Crippen LogP contribution in [0.15, 0.2) is 29.3 Å². The number of carbonyl (C=O) groups excluding carboxylic acids is 1. The van der Waals surface area contributed by atoms with E-state index >= 15 is 0 Å². The summed E-state index contributed by atoms with van der Waals surface area (Å²) in [5, 5.41) is 3.07. The van der Waals surface area contributed by atoms with Crippen molar-refractivity contribution in [3.05, 3.63) is 35.4 Å². The molecule has 1 unspecified atom stereocenters. The van der Waals surface area contributed by atoms with Crippen LogP contribution in [0.2, 0.25) is 0 Å². The van der Waals surface area contributed by atoms with Crippen molar-refractivity contribution in [3.8, 4) is 0 Å². The van der Waals surface area contributed by atoms with Crippen LogP contribution >= 0.6 is 0 Å². The minimum Gasteiger partial charge on any atom is -0.370 e. The van der Waals surface area contributed by atoms with Gasteiger partial charge in [0.15, 0.2) is 5.96 Å². The van der Waals surface area contributed by atoms with Gasteiger partial charge in [0.2, 0.25) is 5.91 Å². The summed E-state index contributed by atoms with van der Waals surface area (Å²) >= 11 is 0. The van der Waals surface area contributed by atoms with Gasteiger partial charge in [0.05, 0.1) is 25.3 Å². The predicted octanol–water partition coefficient (Wildman–Crippen LogP) is 2.28. The van der Waals surface area contributed by atoms with E-state index in [1.807, 2.05) is 9.80 Å². The third kappa shape index (κ3) is 4.95. The third-order valence-electron chi connectivity index (χ3n) is 5.02. The Bertz CT molecular complexity index is 717. The minimum absolute atomic E-state index is 0.0290. The van der Waals surface area contributed by atoms with E-state index in [1.165, 1.54) is 6.07 Å². The monoisotopic (exact) mass is 398 g/mol. The maximum Gasteiger partial charge on any atom is 0.416 e. The number of halogens is 3. The molecule has 0 saturated carbocycles. The standard InChI is InChI=1S/C19H25F3N4O2/c1-23-18(24-12-17(27)25-7-2-3-8-25)26-9-10-28-16(13-26)14-5-4-6-15(11-14)19(20,21)22/h4-6,11,16H,2-3,7-10,12-13H2,1H3,(H,23,24). The first kappa shape index (κ1) is 20.4. The van der Waals surface area contributed by atoms with E-state index in [-0.39, 0.29) is 12.5 Å². The molecule has 1 amide bonds. The molecule has 1 aromatic rings. The van der Waals surface area contributed by atoms with Gasteiger partial charge in [-0.1, -0.05) is 12.1 Å². The lowest BCUT2D eigenvalue weighted by Gasteiger charge is -2.35. The van der Waals surface area contributed by atoms with Crippen molar-refractivity contribution in [2.75, 3.05) is 46.4 Å². The zero-order valence-electron chi connectivity index (χ0n) is 15.8. The number of hydrogen-bond acceptors (Lipinski definition) is 3. The molecule has 154 valence electrons. The summed E-state index contributed by atoms with van der Waals surface area (Å²) < 4.78 is 44.6. The highest BCUT2D eigenvalue weighted by Crippen LogP contribution is 2.32. The summed E-state index contributed by atoms with van der Waals surface area (Å²) in [4.78, 5) is 20.2. The van der Waals surface area contributed by atoms with Crippen molar-refractivity contribution in [2.24, 2.45) is 4.99 Å². The normalized spacial score (nSPS) is 21.1. The van der Waals surface area contributed by atoms with Crippen LogP contribution in [0.3, 0.4) is 0 Å². The Kier molecular flexibility index (Phi) is 6.43. The van der Waals surface area contributed by atoms with Gasteiger partial charge in [0.1, 0.15) is 6.10 Å². The summed E-state index contributed by atoms with van der Waals surface area (Å²) in [6, 6.07) is 5.20. The van der Waals surface area contributed by atoms with Crippen molar-refractivity contribution >= 4 is 11.9 Å². The quantitative estimate of drug-likeness (QED) is 0.627. The lowest BCUT2D eigenvalue weighted by Crippen LogP contribution is -2.50. The number of nitrogens with zero attached hydrogens (tertiary/aromatic N) is 3. The number of alkyl halides is 3. The highest BCUT2D eigenvalue weighted by molar-refractivity contribution is 5.86. The van der Waals surface area contributed by atoms with E-state index in [1.54, 1.807) is 13.1 Å². The van der Waals surface area contributed by atoms with Crippen LogP contribution < -0.4 is 5.32 Å². The predicted molar refractivity (Wildman–Crippen MR) is 98.9 cm³/mol. The average molecular weight is 398 g/mol. The van der Waals surface area contributed by atoms with Crippen LogP contribution in [0.4, 0.5) is 13.2 Å². The van der Waals surface area contributed by atoms with Crippen LogP contribution in [0.5, 0.6) is 0 Å². The second-order valence-electron chi connectivity index (χ2n) is 6.92. The van der Waals surface area contributed by atoms with Crippen LogP contribution in [0.1, 0.15) is 30.1 Å². The molecule has 28 heavy (non-hydrogen) atoms. The number of amides is 1. The molecular weight excluding hydrogens is 373 g/mol. The number of likely N-dealkylation sites (tertiary alicyclic amines) is 1. The number of ether oxygens (including phenoxy) is 1. The smallest absolute Gasteiger partial charge is 0.370 e. The molecule has 0 aliphatic carbocycles. The van der Waals surface area contributed by atoms with E-state index in [4.69, 9.17) is 4.74 Å². The number of benzene rings is 1. The molecule has 2 aliphatic heterocycles. The SMILES string of the molecule is CN=C(NCC(=O)N1CCCC1)N1CCOC(c2cccc(C(F)(F)F)c2)C1. The Morgan fingerprint density at radius 3 is 2.68 bits per heavy atom. The number of rotatable bonds is 3. The number of hydrogen-bond donors (Lipinski definition) is 1. The molecule has 2 aliphatic rings. The average Bonchev–Trinajstić information content (AvgIpc) is 3.23. The van der Waals surface area contributed by atoms with Crippen molar-refractivity contribution < 1.29 is 22.7 Å². The van der Waals surface area contributed by atoms with Crippen molar-refractivity contribution in [1.82, 2.24) is 15.1 Å². The summed E-state index contributed by atoms with van der Waals surface area (Å²) in [6.45, 7) is 2.99. The zero-order valence-corrected chi connectivity index (χ0v) is 15.8. The second-order valence-corrected chi connectivity index (χ2v) is 6.92. The van der Waals surface area contributed by atoms with E-state index < -0.39 is 17.8 Å². The molecule has 2 heterocycles. The molecule has 2 fully saturated rings. The minimum atomic E-state index is -4.39. The first-order valence-corrected chi connectivity index (χ1v) is 9.40. The van der Waals surface area contributed by atoms with Crippen molar-refractivity contribution in [1.29, 1.82) is 0 Å². The van der Waals surface area contributed by atoms with Crippen LogP contribution in [0.25, 0.3) is 0 Å². The van der Waals surface area contributed by atoms with Crippen molar-refractivity contribution in [3.63, 3.8) is 0 Å². The fourth-order valence-corrected chi connectivity index (χ4v) is 3.52. The van der Waals surface area contributed by atoms with Gasteiger partial charge >= 0.3 is 6.18 Å². The van der Waals surface area contributed by atoms with Gasteiger partial charge in [-0.25, -0.2) is 0 Å². The Balaban J connectivity index is 1.62. The molecule has 0 radical (unpaired) electrons. The Hall–Kier alpha value is -2.29. The van der Waals surface area contributed by atoms with E-state index in [2.05, 4.69) is 10.3 Å². The molecule has 0 aromatic heterocycles. The molecule has 1 N–H and O–H groups in total. The summed E-state index contributed by atoms with van der Waals surface area (Å²) in [6.07, 6.45) is -2.83. The molecule has 1 atom stereocenters. The lowest BCUT2D eigenvalue weighted by molar-refractivity contribution is -0.137. The van der Waals surface area contributed by atoms with Gasteiger partial charge in [-0.3, -0.25) is 9.79 Å². The zero-order chi connectivity index (χ0) is 20.1. The van der Waals surface area contributed by atoms with Gasteiger partial charge in [-0.15, -0.1) is 0 Å². The van der Waals surface area contributed by atoms with E-state index in [0.717, 1.165) is 38.1 Å². The maximum atomic E-state index is 13.0. The van der Waals surface area contributed by atoms with Crippen LogP contribution in [-0.4, -0.2) is 68.0 Å². The van der Waals surface area contributed by atoms with Crippen LogP contribution in [-0.2, 0) is 15.7 Å². The molecule has 6 nitrogen and oxygen atoms in total. The van der Waals surface area contributed by atoms with Gasteiger partial charge in [-0.05, 0) is 30.5 Å². The Morgan fingerprint density at radius 2 is 2.00 bits per heavy atom. The highest BCUT2D eigenvalue weighted by atomic mass is 19.4. The van der Waals surface area contributed by atoms with Gasteiger partial charge in [0.25, 0.3) is 0 Å². The first-order valence-electron chi connectivity index (χ1n) is 9.40. The Morgan fingerprint density at radius 1 is 1.25 bits per heavy atom.